The Morgan fingerprint density at radius 1 is 1.30 bits per heavy atom. The Bertz CT molecular complexity index is 634. The summed E-state index contributed by atoms with van der Waals surface area (Å²) in [5, 5.41) is 8.20. The average Bonchev–Trinajstić information content (AvgIpc) is 3.26. The SMILES string of the molecule is O=C(CN(C(=O)c1cccs1)C1CCCCC1)Nc1ccon1. The highest BCUT2D eigenvalue weighted by Gasteiger charge is 2.28. The Hall–Kier alpha value is -2.15. The molecule has 6 nitrogen and oxygen atoms in total. The van der Waals surface area contributed by atoms with Gasteiger partial charge in [-0.25, -0.2) is 0 Å². The molecule has 0 radical (unpaired) electrons. The Labute approximate surface area is 138 Å². The van der Waals surface area contributed by atoms with Gasteiger partial charge in [0.15, 0.2) is 5.82 Å². The second kappa shape index (κ2) is 7.41. The summed E-state index contributed by atoms with van der Waals surface area (Å²) in [6, 6.07) is 5.36. The first-order valence-corrected chi connectivity index (χ1v) is 8.67. The Kier molecular flexibility index (Phi) is 5.07. The maximum Gasteiger partial charge on any atom is 0.264 e. The van der Waals surface area contributed by atoms with Crippen LogP contribution >= 0.6 is 11.3 Å². The summed E-state index contributed by atoms with van der Waals surface area (Å²) in [6.07, 6.45) is 6.70. The molecule has 23 heavy (non-hydrogen) atoms. The topological polar surface area (TPSA) is 75.4 Å². The molecular formula is C16H19N3O3S. The second-order valence-corrected chi connectivity index (χ2v) is 6.58. The summed E-state index contributed by atoms with van der Waals surface area (Å²) in [7, 11) is 0. The first kappa shape index (κ1) is 15.7. The smallest absolute Gasteiger partial charge is 0.264 e. The van der Waals surface area contributed by atoms with Crippen molar-refractivity contribution in [2.75, 3.05) is 11.9 Å². The molecule has 2 heterocycles. The summed E-state index contributed by atoms with van der Waals surface area (Å²) in [6.45, 7) is 0.0360. The molecule has 0 bridgehead atoms. The van der Waals surface area contributed by atoms with Crippen LogP contribution in [0.15, 0.2) is 34.4 Å². The summed E-state index contributed by atoms with van der Waals surface area (Å²) < 4.78 is 4.70. The lowest BCUT2D eigenvalue weighted by Gasteiger charge is -2.33. The van der Waals surface area contributed by atoms with Crippen LogP contribution in [0.5, 0.6) is 0 Å². The van der Waals surface area contributed by atoms with E-state index in [1.807, 2.05) is 11.4 Å². The molecule has 1 aliphatic rings. The van der Waals surface area contributed by atoms with Crippen LogP contribution in [0.4, 0.5) is 5.82 Å². The molecule has 0 aliphatic heterocycles. The van der Waals surface area contributed by atoms with Gasteiger partial charge in [0.2, 0.25) is 5.91 Å². The Balaban J connectivity index is 1.71. The summed E-state index contributed by atoms with van der Waals surface area (Å²) in [5.41, 5.74) is 0. The molecule has 0 aromatic carbocycles. The van der Waals surface area contributed by atoms with Crippen LogP contribution in [0.3, 0.4) is 0 Å². The van der Waals surface area contributed by atoms with Crippen molar-refractivity contribution in [1.29, 1.82) is 0 Å². The van der Waals surface area contributed by atoms with Gasteiger partial charge in [-0.05, 0) is 24.3 Å². The normalized spacial score (nSPS) is 15.3. The highest BCUT2D eigenvalue weighted by Crippen LogP contribution is 2.25. The van der Waals surface area contributed by atoms with Gasteiger partial charge in [0.25, 0.3) is 5.91 Å². The zero-order chi connectivity index (χ0) is 16.1. The average molecular weight is 333 g/mol. The van der Waals surface area contributed by atoms with Gasteiger partial charge < -0.3 is 14.7 Å². The van der Waals surface area contributed by atoms with E-state index in [1.54, 1.807) is 17.0 Å². The van der Waals surface area contributed by atoms with Gasteiger partial charge >= 0.3 is 0 Å². The van der Waals surface area contributed by atoms with E-state index in [0.29, 0.717) is 10.7 Å². The van der Waals surface area contributed by atoms with E-state index < -0.39 is 0 Å². The third-order valence-corrected chi connectivity index (χ3v) is 4.89. The number of thiophene rings is 1. The number of nitrogens with zero attached hydrogens (tertiary/aromatic N) is 2. The van der Waals surface area contributed by atoms with Crippen LogP contribution in [0.1, 0.15) is 41.8 Å². The van der Waals surface area contributed by atoms with E-state index in [0.717, 1.165) is 25.7 Å². The third kappa shape index (κ3) is 3.98. The molecule has 2 aromatic rings. The van der Waals surface area contributed by atoms with Crippen molar-refractivity contribution >= 4 is 29.0 Å². The van der Waals surface area contributed by atoms with Crippen LogP contribution in [0.2, 0.25) is 0 Å². The summed E-state index contributed by atoms with van der Waals surface area (Å²) in [5.74, 6) is 0.0405. The van der Waals surface area contributed by atoms with Crippen molar-refractivity contribution in [2.24, 2.45) is 0 Å². The molecule has 2 amide bonds. The Morgan fingerprint density at radius 3 is 2.78 bits per heavy atom. The number of hydrogen-bond donors (Lipinski definition) is 1. The van der Waals surface area contributed by atoms with Gasteiger partial charge in [0.05, 0.1) is 4.88 Å². The van der Waals surface area contributed by atoms with E-state index in [-0.39, 0.29) is 24.4 Å². The van der Waals surface area contributed by atoms with E-state index in [2.05, 4.69) is 10.5 Å². The molecule has 3 rings (SSSR count). The van der Waals surface area contributed by atoms with Crippen molar-refractivity contribution in [2.45, 2.75) is 38.1 Å². The van der Waals surface area contributed by atoms with Crippen molar-refractivity contribution in [3.8, 4) is 0 Å². The van der Waals surface area contributed by atoms with Crippen LogP contribution < -0.4 is 5.32 Å². The summed E-state index contributed by atoms with van der Waals surface area (Å²) >= 11 is 1.41. The van der Waals surface area contributed by atoms with Gasteiger partial charge in [0.1, 0.15) is 12.8 Å². The first-order valence-electron chi connectivity index (χ1n) is 7.79. The molecule has 1 aliphatic carbocycles. The fraction of sp³-hybridized carbons (Fsp3) is 0.438. The third-order valence-electron chi connectivity index (χ3n) is 4.03. The largest absolute Gasteiger partial charge is 0.363 e. The molecule has 1 saturated carbocycles. The minimum atomic E-state index is -0.255. The van der Waals surface area contributed by atoms with Gasteiger partial charge in [0, 0.05) is 12.1 Å². The number of carbonyl (C=O) groups excluding carboxylic acids is 2. The number of hydrogen-bond acceptors (Lipinski definition) is 5. The monoisotopic (exact) mass is 333 g/mol. The van der Waals surface area contributed by atoms with Crippen molar-refractivity contribution in [3.05, 3.63) is 34.7 Å². The van der Waals surface area contributed by atoms with Gasteiger partial charge in [-0.15, -0.1) is 11.3 Å². The highest BCUT2D eigenvalue weighted by molar-refractivity contribution is 7.12. The van der Waals surface area contributed by atoms with Gasteiger partial charge in [-0.3, -0.25) is 9.59 Å². The van der Waals surface area contributed by atoms with E-state index >= 15 is 0 Å². The lowest BCUT2D eigenvalue weighted by atomic mass is 9.94. The second-order valence-electron chi connectivity index (χ2n) is 5.64. The van der Waals surface area contributed by atoms with Crippen molar-refractivity contribution < 1.29 is 14.1 Å². The molecular weight excluding hydrogens is 314 g/mol. The zero-order valence-corrected chi connectivity index (χ0v) is 13.6. The number of rotatable bonds is 5. The summed E-state index contributed by atoms with van der Waals surface area (Å²) in [4.78, 5) is 27.4. The molecule has 0 atom stereocenters. The van der Waals surface area contributed by atoms with E-state index in [1.165, 1.54) is 24.0 Å². The van der Waals surface area contributed by atoms with Crippen LogP contribution in [-0.2, 0) is 4.79 Å². The van der Waals surface area contributed by atoms with Crippen LogP contribution in [0, 0.1) is 0 Å². The molecule has 0 saturated heterocycles. The number of carbonyl (C=O) groups is 2. The molecule has 1 fully saturated rings. The molecule has 2 aromatic heterocycles. The fourth-order valence-corrected chi connectivity index (χ4v) is 3.59. The predicted molar refractivity (Wildman–Crippen MR) is 87.4 cm³/mol. The lowest BCUT2D eigenvalue weighted by Crippen LogP contribution is -2.45. The van der Waals surface area contributed by atoms with E-state index in [4.69, 9.17) is 4.52 Å². The fourth-order valence-electron chi connectivity index (χ4n) is 2.92. The lowest BCUT2D eigenvalue weighted by molar-refractivity contribution is -0.117. The number of anilines is 1. The molecule has 122 valence electrons. The maximum absolute atomic E-state index is 12.8. The van der Waals surface area contributed by atoms with Crippen LogP contribution in [-0.4, -0.2) is 34.5 Å². The quantitative estimate of drug-likeness (QED) is 0.912. The standard InChI is InChI=1S/C16H19N3O3S/c20-15(17-14-8-9-22-18-14)11-19(12-5-2-1-3-6-12)16(21)13-7-4-10-23-13/h4,7-10,12H,1-3,5-6,11H2,(H,17,18,20). The minimum absolute atomic E-state index is 0.0360. The van der Waals surface area contributed by atoms with Crippen molar-refractivity contribution in [1.82, 2.24) is 10.1 Å². The number of aromatic nitrogens is 1. The number of amides is 2. The number of nitrogens with one attached hydrogen (secondary N) is 1. The minimum Gasteiger partial charge on any atom is -0.363 e. The molecule has 7 heteroatoms. The van der Waals surface area contributed by atoms with Crippen molar-refractivity contribution in [3.63, 3.8) is 0 Å². The predicted octanol–water partition coefficient (Wildman–Crippen LogP) is 3.15. The van der Waals surface area contributed by atoms with Gasteiger partial charge in [-0.2, -0.15) is 0 Å². The molecule has 1 N–H and O–H groups in total. The first-order chi connectivity index (χ1) is 11.2. The highest BCUT2D eigenvalue weighted by atomic mass is 32.1. The maximum atomic E-state index is 12.8. The van der Waals surface area contributed by atoms with Crippen LogP contribution in [0.25, 0.3) is 0 Å². The molecule has 0 spiro atoms. The van der Waals surface area contributed by atoms with Gasteiger partial charge in [-0.1, -0.05) is 30.5 Å². The molecule has 0 unspecified atom stereocenters. The zero-order valence-electron chi connectivity index (χ0n) is 12.7. The Morgan fingerprint density at radius 2 is 2.13 bits per heavy atom. The van der Waals surface area contributed by atoms with E-state index in [9.17, 15) is 9.59 Å².